The van der Waals surface area contributed by atoms with E-state index < -0.39 is 11.7 Å². The molecule has 3 nitrogen and oxygen atoms in total. The molecule has 0 amide bonds. The Balaban J connectivity index is 1.96. The third-order valence-electron chi connectivity index (χ3n) is 4.37. The zero-order valence-electron chi connectivity index (χ0n) is 14.3. The molecule has 0 spiro atoms. The van der Waals surface area contributed by atoms with Crippen molar-refractivity contribution < 1.29 is 18.3 Å². The quantitative estimate of drug-likeness (QED) is 0.729. The second-order valence-corrected chi connectivity index (χ2v) is 6.12. The molecule has 3 rings (SSSR count). The van der Waals surface area contributed by atoms with E-state index in [0.717, 1.165) is 28.5 Å². The second kappa shape index (κ2) is 7.33. The zero-order valence-corrected chi connectivity index (χ0v) is 14.3. The van der Waals surface area contributed by atoms with Crippen LogP contribution < -0.4 is 0 Å². The fraction of sp³-hybridized carbons (Fsp3) is 0.250. The summed E-state index contributed by atoms with van der Waals surface area (Å²) in [7, 11) is 0. The molecule has 0 atom stereocenters. The molecule has 0 bridgehead atoms. The second-order valence-electron chi connectivity index (χ2n) is 6.12. The molecular weight excluding hydrogens is 341 g/mol. The molecule has 3 aromatic rings. The van der Waals surface area contributed by atoms with Crippen LogP contribution in [-0.4, -0.2) is 21.5 Å². The van der Waals surface area contributed by atoms with Crippen molar-refractivity contribution in [1.82, 2.24) is 9.78 Å². The monoisotopic (exact) mass is 360 g/mol. The van der Waals surface area contributed by atoms with Crippen LogP contribution in [-0.2, 0) is 19.1 Å². The van der Waals surface area contributed by atoms with Crippen LogP contribution in [0.25, 0.3) is 11.1 Å². The molecule has 6 heteroatoms. The van der Waals surface area contributed by atoms with Gasteiger partial charge in [-0.15, -0.1) is 0 Å². The van der Waals surface area contributed by atoms with Crippen LogP contribution in [0, 0.1) is 6.92 Å². The molecule has 0 aliphatic heterocycles. The van der Waals surface area contributed by atoms with E-state index in [1.54, 1.807) is 16.9 Å². The fourth-order valence-corrected chi connectivity index (χ4v) is 3.05. The molecule has 0 radical (unpaired) electrons. The minimum absolute atomic E-state index is 0.00611. The highest BCUT2D eigenvalue weighted by atomic mass is 19.4. The highest BCUT2D eigenvalue weighted by molar-refractivity contribution is 5.69. The topological polar surface area (TPSA) is 38.0 Å². The Bertz CT molecular complexity index is 900. The molecule has 1 N–H and O–H groups in total. The summed E-state index contributed by atoms with van der Waals surface area (Å²) in [6, 6.07) is 13.0. The minimum atomic E-state index is -4.35. The molecular formula is C20H19F3N2O. The maximum absolute atomic E-state index is 12.9. The lowest BCUT2D eigenvalue weighted by Crippen LogP contribution is -2.06. The number of benzene rings is 2. The van der Waals surface area contributed by atoms with E-state index >= 15 is 0 Å². The lowest BCUT2D eigenvalue weighted by Gasteiger charge is -2.12. The fourth-order valence-electron chi connectivity index (χ4n) is 3.05. The summed E-state index contributed by atoms with van der Waals surface area (Å²) in [5.74, 6) is 0. The van der Waals surface area contributed by atoms with Crippen molar-refractivity contribution >= 4 is 0 Å². The van der Waals surface area contributed by atoms with Gasteiger partial charge < -0.3 is 5.11 Å². The van der Waals surface area contributed by atoms with Gasteiger partial charge in [-0.3, -0.25) is 4.68 Å². The summed E-state index contributed by atoms with van der Waals surface area (Å²) in [6.07, 6.45) is -2.22. The molecule has 1 heterocycles. The van der Waals surface area contributed by atoms with Crippen molar-refractivity contribution in [2.24, 2.45) is 0 Å². The minimum Gasteiger partial charge on any atom is -0.394 e. The first-order valence-corrected chi connectivity index (χ1v) is 8.28. The number of aromatic nitrogens is 2. The number of halogens is 3. The Morgan fingerprint density at radius 2 is 1.81 bits per heavy atom. The summed E-state index contributed by atoms with van der Waals surface area (Å²) in [5.41, 5.74) is 3.66. The van der Waals surface area contributed by atoms with Gasteiger partial charge in [0.2, 0.25) is 0 Å². The van der Waals surface area contributed by atoms with E-state index in [4.69, 9.17) is 5.11 Å². The van der Waals surface area contributed by atoms with E-state index in [1.165, 1.54) is 12.1 Å². The van der Waals surface area contributed by atoms with E-state index in [0.29, 0.717) is 18.5 Å². The van der Waals surface area contributed by atoms with Crippen LogP contribution in [0.3, 0.4) is 0 Å². The predicted octanol–water partition coefficient (Wildman–Crippen LogP) is 4.46. The first kappa shape index (κ1) is 18.2. The van der Waals surface area contributed by atoms with Gasteiger partial charge in [0.1, 0.15) is 0 Å². The van der Waals surface area contributed by atoms with Crippen molar-refractivity contribution in [3.8, 4) is 11.1 Å². The molecule has 0 aliphatic carbocycles. The van der Waals surface area contributed by atoms with Gasteiger partial charge in [0.05, 0.1) is 24.9 Å². The van der Waals surface area contributed by atoms with Crippen molar-refractivity contribution in [2.45, 2.75) is 26.1 Å². The maximum Gasteiger partial charge on any atom is 0.416 e. The van der Waals surface area contributed by atoms with Gasteiger partial charge >= 0.3 is 6.18 Å². The van der Waals surface area contributed by atoms with E-state index in [2.05, 4.69) is 5.10 Å². The van der Waals surface area contributed by atoms with Crippen molar-refractivity contribution in [3.05, 3.63) is 77.1 Å². The van der Waals surface area contributed by atoms with Crippen LogP contribution in [0.15, 0.2) is 54.7 Å². The lowest BCUT2D eigenvalue weighted by atomic mass is 9.94. The Morgan fingerprint density at radius 3 is 2.54 bits per heavy atom. The van der Waals surface area contributed by atoms with Gasteiger partial charge in [-0.05, 0) is 36.1 Å². The Kier molecular flexibility index (Phi) is 5.13. The number of aliphatic hydroxyl groups excluding tert-OH is 1. The average Bonchev–Trinajstić information content (AvgIpc) is 2.96. The summed E-state index contributed by atoms with van der Waals surface area (Å²) < 4.78 is 40.6. The van der Waals surface area contributed by atoms with Crippen LogP contribution in [0.5, 0.6) is 0 Å². The Morgan fingerprint density at radius 1 is 1.04 bits per heavy atom. The third-order valence-corrected chi connectivity index (χ3v) is 4.37. The molecule has 136 valence electrons. The van der Waals surface area contributed by atoms with Gasteiger partial charge in [0.25, 0.3) is 0 Å². The van der Waals surface area contributed by atoms with Crippen molar-refractivity contribution in [1.29, 1.82) is 0 Å². The molecule has 1 aromatic heterocycles. The molecule has 0 saturated carbocycles. The van der Waals surface area contributed by atoms with Crippen molar-refractivity contribution in [2.75, 3.05) is 6.61 Å². The predicted molar refractivity (Wildman–Crippen MR) is 93.7 cm³/mol. The number of rotatable bonds is 5. The van der Waals surface area contributed by atoms with Gasteiger partial charge in [0, 0.05) is 11.3 Å². The molecule has 2 aromatic carbocycles. The van der Waals surface area contributed by atoms with E-state index in [-0.39, 0.29) is 6.61 Å². The van der Waals surface area contributed by atoms with Crippen LogP contribution in [0.2, 0.25) is 0 Å². The van der Waals surface area contributed by atoms with Gasteiger partial charge in [-0.2, -0.15) is 18.3 Å². The standard InChI is InChI=1S/C20H19F3N2O/c1-14-19(13-24-25(14)9-10-26)18-8-3-2-6-16(18)11-15-5-4-7-17(12-15)20(21,22)23/h2-8,12-13,26H,9-11H2,1H3. The first-order valence-electron chi connectivity index (χ1n) is 8.28. The Labute approximate surface area is 149 Å². The number of hydrogen-bond acceptors (Lipinski definition) is 2. The molecule has 0 aliphatic rings. The van der Waals surface area contributed by atoms with E-state index in [9.17, 15) is 13.2 Å². The zero-order chi connectivity index (χ0) is 18.7. The highest BCUT2D eigenvalue weighted by Gasteiger charge is 2.30. The van der Waals surface area contributed by atoms with Crippen LogP contribution in [0.4, 0.5) is 13.2 Å². The normalized spacial score (nSPS) is 11.7. The van der Waals surface area contributed by atoms with Gasteiger partial charge in [-0.1, -0.05) is 42.5 Å². The molecule has 0 fully saturated rings. The number of aliphatic hydroxyl groups is 1. The molecule has 26 heavy (non-hydrogen) atoms. The molecule has 0 saturated heterocycles. The highest BCUT2D eigenvalue weighted by Crippen LogP contribution is 2.32. The SMILES string of the molecule is Cc1c(-c2ccccc2Cc2cccc(C(F)(F)F)c2)cnn1CCO. The summed E-state index contributed by atoms with van der Waals surface area (Å²) in [4.78, 5) is 0. The maximum atomic E-state index is 12.9. The van der Waals surface area contributed by atoms with Crippen molar-refractivity contribution in [3.63, 3.8) is 0 Å². The first-order chi connectivity index (χ1) is 12.4. The van der Waals surface area contributed by atoms with Gasteiger partial charge in [0.15, 0.2) is 0 Å². The summed E-state index contributed by atoms with van der Waals surface area (Å²) in [6.45, 7) is 2.31. The lowest BCUT2D eigenvalue weighted by molar-refractivity contribution is -0.137. The third kappa shape index (κ3) is 3.80. The van der Waals surface area contributed by atoms with E-state index in [1.807, 2.05) is 31.2 Å². The number of nitrogens with zero attached hydrogens (tertiary/aromatic N) is 2. The summed E-state index contributed by atoms with van der Waals surface area (Å²) >= 11 is 0. The number of alkyl halides is 3. The largest absolute Gasteiger partial charge is 0.416 e. The molecule has 0 unspecified atom stereocenters. The Hall–Kier alpha value is -2.60. The average molecular weight is 360 g/mol. The van der Waals surface area contributed by atoms with Crippen LogP contribution >= 0.6 is 0 Å². The number of hydrogen-bond donors (Lipinski definition) is 1. The van der Waals surface area contributed by atoms with Crippen LogP contribution in [0.1, 0.15) is 22.4 Å². The smallest absolute Gasteiger partial charge is 0.394 e. The van der Waals surface area contributed by atoms with Gasteiger partial charge in [-0.25, -0.2) is 0 Å². The summed E-state index contributed by atoms with van der Waals surface area (Å²) in [5, 5.41) is 13.4.